The molecule has 108 valence electrons. The van der Waals surface area contributed by atoms with Crippen molar-refractivity contribution in [3.05, 3.63) is 0 Å². The second-order valence-electron chi connectivity index (χ2n) is 4.14. The minimum absolute atomic E-state index is 0.222. The third-order valence-corrected chi connectivity index (χ3v) is 2.62. The highest BCUT2D eigenvalue weighted by atomic mass is 16.5. The monoisotopic (exact) mass is 261 g/mol. The number of ether oxygens (including phenoxy) is 3. The molecule has 0 spiro atoms. The number of rotatable bonds is 11. The number of esters is 1. The maximum Gasteiger partial charge on any atom is 0.326 e. The lowest BCUT2D eigenvalue weighted by Crippen LogP contribution is -2.51. The van der Waals surface area contributed by atoms with Crippen LogP contribution in [-0.2, 0) is 19.0 Å². The fourth-order valence-corrected chi connectivity index (χ4v) is 1.58. The van der Waals surface area contributed by atoms with Crippen molar-refractivity contribution in [2.75, 3.05) is 39.6 Å². The molecule has 5 heteroatoms. The van der Waals surface area contributed by atoms with Gasteiger partial charge in [0.2, 0.25) is 0 Å². The van der Waals surface area contributed by atoms with E-state index in [1.807, 2.05) is 27.7 Å². The zero-order chi connectivity index (χ0) is 13.9. The van der Waals surface area contributed by atoms with Crippen LogP contribution < -0.4 is 5.32 Å². The summed E-state index contributed by atoms with van der Waals surface area (Å²) in [6, 6.07) is 0. The van der Waals surface area contributed by atoms with Crippen LogP contribution in [-0.4, -0.2) is 51.1 Å². The van der Waals surface area contributed by atoms with Crippen molar-refractivity contribution in [1.82, 2.24) is 5.32 Å². The number of likely N-dealkylation sites (N-methyl/N-ethyl adjacent to an activating group) is 1. The van der Waals surface area contributed by atoms with Gasteiger partial charge in [-0.1, -0.05) is 6.92 Å². The largest absolute Gasteiger partial charge is 0.465 e. The molecule has 0 aliphatic heterocycles. The molecule has 0 amide bonds. The molecule has 0 saturated heterocycles. The average molecular weight is 261 g/mol. The predicted octanol–water partition coefficient (Wildman–Crippen LogP) is 1.36. The van der Waals surface area contributed by atoms with Crippen molar-refractivity contribution < 1.29 is 19.0 Å². The van der Waals surface area contributed by atoms with Crippen LogP contribution in [0.4, 0.5) is 0 Å². The van der Waals surface area contributed by atoms with E-state index < -0.39 is 5.54 Å². The van der Waals surface area contributed by atoms with Gasteiger partial charge in [0.1, 0.15) is 5.54 Å². The van der Waals surface area contributed by atoms with Crippen LogP contribution in [0.1, 0.15) is 34.1 Å². The molecule has 0 aromatic rings. The van der Waals surface area contributed by atoms with Gasteiger partial charge in [0, 0.05) is 13.2 Å². The Balaban J connectivity index is 3.98. The lowest BCUT2D eigenvalue weighted by Gasteiger charge is -2.27. The van der Waals surface area contributed by atoms with Gasteiger partial charge in [-0.3, -0.25) is 4.79 Å². The third kappa shape index (κ3) is 6.93. The van der Waals surface area contributed by atoms with Crippen LogP contribution in [0.25, 0.3) is 0 Å². The lowest BCUT2D eigenvalue weighted by atomic mass is 9.98. The number of carbonyl (C=O) groups excluding carboxylic acids is 1. The van der Waals surface area contributed by atoms with Gasteiger partial charge in [-0.25, -0.2) is 0 Å². The Kier molecular flexibility index (Phi) is 9.92. The van der Waals surface area contributed by atoms with Gasteiger partial charge in [0.15, 0.2) is 0 Å². The molecule has 5 nitrogen and oxygen atoms in total. The summed E-state index contributed by atoms with van der Waals surface area (Å²) in [7, 11) is 0. The number of carbonyl (C=O) groups is 1. The Morgan fingerprint density at radius 3 is 2.28 bits per heavy atom. The van der Waals surface area contributed by atoms with E-state index in [1.165, 1.54) is 0 Å². The zero-order valence-electron chi connectivity index (χ0n) is 12.1. The predicted molar refractivity (Wildman–Crippen MR) is 70.6 cm³/mol. The summed E-state index contributed by atoms with van der Waals surface area (Å²) in [4.78, 5) is 11.9. The summed E-state index contributed by atoms with van der Waals surface area (Å²) in [5, 5.41) is 3.16. The van der Waals surface area contributed by atoms with Crippen molar-refractivity contribution in [3.8, 4) is 0 Å². The summed E-state index contributed by atoms with van der Waals surface area (Å²) < 4.78 is 15.7. The van der Waals surface area contributed by atoms with E-state index in [9.17, 15) is 4.79 Å². The van der Waals surface area contributed by atoms with E-state index in [0.717, 1.165) is 0 Å². The van der Waals surface area contributed by atoms with Crippen LogP contribution >= 0.6 is 0 Å². The highest BCUT2D eigenvalue weighted by Crippen LogP contribution is 2.12. The molecule has 1 unspecified atom stereocenters. The summed E-state index contributed by atoms with van der Waals surface area (Å²) >= 11 is 0. The molecule has 0 saturated carbocycles. The smallest absolute Gasteiger partial charge is 0.326 e. The molecular formula is C13H27NO4. The van der Waals surface area contributed by atoms with E-state index in [0.29, 0.717) is 46.0 Å². The van der Waals surface area contributed by atoms with Gasteiger partial charge in [-0.2, -0.15) is 0 Å². The summed E-state index contributed by atoms with van der Waals surface area (Å²) in [6.07, 6.45) is 0.589. The van der Waals surface area contributed by atoms with Crippen molar-refractivity contribution >= 4 is 5.97 Å². The first-order valence-electron chi connectivity index (χ1n) is 6.68. The van der Waals surface area contributed by atoms with Crippen molar-refractivity contribution in [3.63, 3.8) is 0 Å². The van der Waals surface area contributed by atoms with Crippen LogP contribution in [0.2, 0.25) is 0 Å². The normalized spacial score (nSPS) is 14.2. The Hall–Kier alpha value is -0.650. The molecule has 0 fully saturated rings. The van der Waals surface area contributed by atoms with E-state index >= 15 is 0 Å². The highest BCUT2D eigenvalue weighted by molar-refractivity contribution is 5.80. The molecule has 0 radical (unpaired) electrons. The Labute approximate surface area is 110 Å². The minimum atomic E-state index is -0.670. The summed E-state index contributed by atoms with van der Waals surface area (Å²) in [6.45, 7) is 11.0. The summed E-state index contributed by atoms with van der Waals surface area (Å²) in [5.74, 6) is -0.222. The van der Waals surface area contributed by atoms with E-state index in [4.69, 9.17) is 14.2 Å². The van der Waals surface area contributed by atoms with Gasteiger partial charge < -0.3 is 19.5 Å². The maximum atomic E-state index is 11.9. The number of hydrogen-bond acceptors (Lipinski definition) is 5. The van der Waals surface area contributed by atoms with Gasteiger partial charge >= 0.3 is 5.97 Å². The lowest BCUT2D eigenvalue weighted by molar-refractivity contribution is -0.151. The molecule has 18 heavy (non-hydrogen) atoms. The molecule has 0 aliphatic carbocycles. The van der Waals surface area contributed by atoms with Gasteiger partial charge in [0.05, 0.1) is 19.8 Å². The fraction of sp³-hybridized carbons (Fsp3) is 0.923. The summed E-state index contributed by atoms with van der Waals surface area (Å²) in [5.41, 5.74) is -0.670. The van der Waals surface area contributed by atoms with Crippen molar-refractivity contribution in [2.24, 2.45) is 0 Å². The average Bonchev–Trinajstić information content (AvgIpc) is 2.34. The second-order valence-corrected chi connectivity index (χ2v) is 4.14. The van der Waals surface area contributed by atoms with Crippen LogP contribution in [0.5, 0.6) is 0 Å². The zero-order valence-corrected chi connectivity index (χ0v) is 12.1. The van der Waals surface area contributed by atoms with E-state index in [2.05, 4.69) is 5.32 Å². The SMILES string of the molecule is CCNC(C)(CCOCCOCC)C(=O)OCC. The first-order chi connectivity index (χ1) is 8.60. The molecule has 0 aromatic carbocycles. The first-order valence-corrected chi connectivity index (χ1v) is 6.68. The van der Waals surface area contributed by atoms with Crippen molar-refractivity contribution in [2.45, 2.75) is 39.7 Å². The molecule has 0 rings (SSSR count). The molecule has 1 atom stereocenters. The standard InChI is InChI=1S/C13H27NO4/c1-5-14-13(4,12(15)18-7-3)8-9-17-11-10-16-6-2/h14H,5-11H2,1-4H3. The quantitative estimate of drug-likeness (QED) is 0.449. The van der Waals surface area contributed by atoms with Crippen LogP contribution in [0, 0.1) is 0 Å². The van der Waals surface area contributed by atoms with Crippen molar-refractivity contribution in [1.29, 1.82) is 0 Å². The highest BCUT2D eigenvalue weighted by Gasteiger charge is 2.33. The molecule has 0 aromatic heterocycles. The fourth-order valence-electron chi connectivity index (χ4n) is 1.58. The molecule has 0 heterocycles. The molecule has 0 aliphatic rings. The number of nitrogens with one attached hydrogen (secondary N) is 1. The Bertz CT molecular complexity index is 223. The maximum absolute atomic E-state index is 11.9. The van der Waals surface area contributed by atoms with Gasteiger partial charge in [0.25, 0.3) is 0 Å². The molecule has 1 N–H and O–H groups in total. The van der Waals surface area contributed by atoms with E-state index in [1.54, 1.807) is 0 Å². The number of hydrogen-bond donors (Lipinski definition) is 1. The first kappa shape index (κ1) is 17.4. The topological polar surface area (TPSA) is 56.8 Å². The molecule has 0 bridgehead atoms. The Morgan fingerprint density at radius 1 is 1.06 bits per heavy atom. The third-order valence-electron chi connectivity index (χ3n) is 2.62. The second kappa shape index (κ2) is 10.3. The van der Waals surface area contributed by atoms with Gasteiger partial charge in [-0.15, -0.1) is 0 Å². The van der Waals surface area contributed by atoms with Gasteiger partial charge in [-0.05, 0) is 33.7 Å². The van der Waals surface area contributed by atoms with Crippen LogP contribution in [0.15, 0.2) is 0 Å². The van der Waals surface area contributed by atoms with E-state index in [-0.39, 0.29) is 5.97 Å². The molecular weight excluding hydrogens is 234 g/mol. The Morgan fingerprint density at radius 2 is 1.72 bits per heavy atom. The van der Waals surface area contributed by atoms with Crippen LogP contribution in [0.3, 0.4) is 0 Å². The minimum Gasteiger partial charge on any atom is -0.465 e.